The Morgan fingerprint density at radius 2 is 2.50 bits per heavy atom. The van der Waals surface area contributed by atoms with Crippen LogP contribution < -0.4 is 0 Å². The average molecular weight is 140 g/mol. The van der Waals surface area contributed by atoms with Crippen molar-refractivity contribution in [3.63, 3.8) is 0 Å². The quantitative estimate of drug-likeness (QED) is 0.506. The predicted octanol–water partition coefficient (Wildman–Crippen LogP) is 0.858. The number of aliphatic hydroxyl groups is 1. The molecular formula is C8H12O2. The molecule has 0 aromatic rings. The van der Waals surface area contributed by atoms with Crippen LogP contribution in [-0.2, 0) is 4.74 Å². The summed E-state index contributed by atoms with van der Waals surface area (Å²) in [6, 6.07) is 0. The third-order valence-corrected chi connectivity index (χ3v) is 2.38. The number of fused-ring (bicyclic) bond motifs is 1. The normalized spacial score (nSPS) is 39.1. The molecule has 0 spiro atoms. The number of hydrogen-bond acceptors (Lipinski definition) is 2. The maximum absolute atomic E-state index is 9.82. The highest BCUT2D eigenvalue weighted by atomic mass is 16.5. The highest BCUT2D eigenvalue weighted by Crippen LogP contribution is 2.33. The van der Waals surface area contributed by atoms with Crippen molar-refractivity contribution in [3.8, 4) is 0 Å². The Morgan fingerprint density at radius 3 is 3.30 bits per heavy atom. The third-order valence-electron chi connectivity index (χ3n) is 2.38. The summed E-state index contributed by atoms with van der Waals surface area (Å²) in [6.07, 6.45) is 5.22. The summed E-state index contributed by atoms with van der Waals surface area (Å²) in [5, 5.41) is 9.82. The number of rotatable bonds is 0. The van der Waals surface area contributed by atoms with Crippen LogP contribution in [0.3, 0.4) is 0 Å². The molecule has 2 aliphatic rings. The average Bonchev–Trinajstić information content (AvgIpc) is 2.29. The van der Waals surface area contributed by atoms with Crippen molar-refractivity contribution < 1.29 is 9.84 Å². The molecule has 2 nitrogen and oxygen atoms in total. The molecule has 56 valence electrons. The molecule has 1 aliphatic heterocycles. The van der Waals surface area contributed by atoms with Gasteiger partial charge in [-0.15, -0.1) is 0 Å². The molecule has 0 radical (unpaired) electrons. The Bertz CT molecular complexity index is 174. The second kappa shape index (κ2) is 2.07. The third kappa shape index (κ3) is 0.796. The number of hydrogen-bond donors (Lipinski definition) is 1. The summed E-state index contributed by atoms with van der Waals surface area (Å²) in [4.78, 5) is 0. The summed E-state index contributed by atoms with van der Waals surface area (Å²) in [7, 11) is 0. The van der Waals surface area contributed by atoms with E-state index in [1.807, 2.05) is 0 Å². The van der Waals surface area contributed by atoms with Crippen LogP contribution in [-0.4, -0.2) is 23.9 Å². The van der Waals surface area contributed by atoms with E-state index in [9.17, 15) is 5.11 Å². The summed E-state index contributed by atoms with van der Waals surface area (Å²) < 4.78 is 5.18. The van der Waals surface area contributed by atoms with Gasteiger partial charge in [-0.25, -0.2) is 0 Å². The first-order valence-electron chi connectivity index (χ1n) is 3.81. The van der Waals surface area contributed by atoms with E-state index in [4.69, 9.17) is 4.74 Å². The molecule has 0 bridgehead atoms. The fourth-order valence-electron chi connectivity index (χ4n) is 1.71. The van der Waals surface area contributed by atoms with Gasteiger partial charge in [-0.3, -0.25) is 0 Å². The Hall–Kier alpha value is -0.340. The second-order valence-corrected chi connectivity index (χ2v) is 3.15. The highest BCUT2D eigenvalue weighted by molar-refractivity contribution is 5.23. The lowest BCUT2D eigenvalue weighted by Crippen LogP contribution is -2.32. The smallest absolute Gasteiger partial charge is 0.111 e. The zero-order chi connectivity index (χ0) is 7.03. The molecule has 0 aromatic heterocycles. The molecule has 1 fully saturated rings. The number of allylic oxidation sites excluding steroid dienone is 1. The van der Waals surface area contributed by atoms with Crippen LogP contribution >= 0.6 is 0 Å². The van der Waals surface area contributed by atoms with Gasteiger partial charge < -0.3 is 9.84 Å². The van der Waals surface area contributed by atoms with Gasteiger partial charge in [-0.2, -0.15) is 0 Å². The summed E-state index contributed by atoms with van der Waals surface area (Å²) >= 11 is 0. The lowest BCUT2D eigenvalue weighted by molar-refractivity contribution is 0.0317. The van der Waals surface area contributed by atoms with Crippen molar-refractivity contribution in [2.45, 2.75) is 24.9 Å². The van der Waals surface area contributed by atoms with Crippen LogP contribution in [0, 0.1) is 0 Å². The Balaban J connectivity index is 2.28. The van der Waals surface area contributed by atoms with E-state index < -0.39 is 5.60 Å². The van der Waals surface area contributed by atoms with Crippen LogP contribution in [0.4, 0.5) is 0 Å². The molecule has 1 unspecified atom stereocenters. The standard InChI is InChI=1S/C8H12O2/c9-8-4-2-1-3-7(8)5-10-6-8/h3,9H,1-2,4-6H2. The van der Waals surface area contributed by atoms with Gasteiger partial charge in [0.1, 0.15) is 5.60 Å². The predicted molar refractivity (Wildman–Crippen MR) is 37.7 cm³/mol. The van der Waals surface area contributed by atoms with Crippen molar-refractivity contribution in [1.29, 1.82) is 0 Å². The Morgan fingerprint density at radius 1 is 1.60 bits per heavy atom. The maximum atomic E-state index is 9.82. The van der Waals surface area contributed by atoms with E-state index in [2.05, 4.69) is 6.08 Å². The molecule has 0 aromatic carbocycles. The van der Waals surface area contributed by atoms with Crippen LogP contribution in [0.2, 0.25) is 0 Å². The van der Waals surface area contributed by atoms with E-state index in [1.54, 1.807) is 0 Å². The van der Waals surface area contributed by atoms with Crippen molar-refractivity contribution in [1.82, 2.24) is 0 Å². The number of ether oxygens (including phenoxy) is 1. The van der Waals surface area contributed by atoms with Gasteiger partial charge in [-0.1, -0.05) is 6.08 Å². The van der Waals surface area contributed by atoms with Gasteiger partial charge in [0.05, 0.1) is 13.2 Å². The van der Waals surface area contributed by atoms with Crippen LogP contribution in [0.1, 0.15) is 19.3 Å². The van der Waals surface area contributed by atoms with Crippen LogP contribution in [0.25, 0.3) is 0 Å². The highest BCUT2D eigenvalue weighted by Gasteiger charge is 2.37. The van der Waals surface area contributed by atoms with E-state index in [-0.39, 0.29) is 0 Å². The minimum Gasteiger partial charge on any atom is -0.383 e. The topological polar surface area (TPSA) is 29.5 Å². The minimum absolute atomic E-state index is 0.513. The van der Waals surface area contributed by atoms with Crippen LogP contribution in [0.5, 0.6) is 0 Å². The fourth-order valence-corrected chi connectivity index (χ4v) is 1.71. The second-order valence-electron chi connectivity index (χ2n) is 3.15. The zero-order valence-corrected chi connectivity index (χ0v) is 5.97. The summed E-state index contributed by atoms with van der Waals surface area (Å²) in [6.45, 7) is 1.16. The monoisotopic (exact) mass is 140 g/mol. The Labute approximate surface area is 60.5 Å². The van der Waals surface area contributed by atoms with Crippen molar-refractivity contribution >= 4 is 0 Å². The minimum atomic E-state index is -0.571. The van der Waals surface area contributed by atoms with Gasteiger partial charge in [0.15, 0.2) is 0 Å². The molecule has 2 heteroatoms. The van der Waals surface area contributed by atoms with E-state index in [0.717, 1.165) is 24.8 Å². The van der Waals surface area contributed by atoms with E-state index in [0.29, 0.717) is 13.2 Å². The SMILES string of the molecule is OC12CCCC=C1COC2. The fraction of sp³-hybridized carbons (Fsp3) is 0.750. The van der Waals surface area contributed by atoms with Gasteiger partial charge in [-0.05, 0) is 24.8 Å². The molecule has 1 atom stereocenters. The lowest BCUT2D eigenvalue weighted by Gasteiger charge is -2.25. The van der Waals surface area contributed by atoms with Gasteiger partial charge in [0, 0.05) is 0 Å². The summed E-state index contributed by atoms with van der Waals surface area (Å²) in [5.41, 5.74) is 0.539. The van der Waals surface area contributed by atoms with Crippen molar-refractivity contribution in [2.75, 3.05) is 13.2 Å². The molecule has 1 aliphatic carbocycles. The maximum Gasteiger partial charge on any atom is 0.111 e. The zero-order valence-electron chi connectivity index (χ0n) is 5.97. The van der Waals surface area contributed by atoms with Crippen molar-refractivity contribution in [2.24, 2.45) is 0 Å². The molecule has 1 N–H and O–H groups in total. The van der Waals surface area contributed by atoms with Gasteiger partial charge in [0.25, 0.3) is 0 Å². The van der Waals surface area contributed by atoms with E-state index in [1.165, 1.54) is 0 Å². The van der Waals surface area contributed by atoms with Gasteiger partial charge in [0.2, 0.25) is 0 Å². The lowest BCUT2D eigenvalue weighted by atomic mass is 9.86. The summed E-state index contributed by atoms with van der Waals surface area (Å²) in [5.74, 6) is 0. The van der Waals surface area contributed by atoms with Crippen molar-refractivity contribution in [3.05, 3.63) is 11.6 Å². The molecule has 10 heavy (non-hydrogen) atoms. The first-order chi connectivity index (χ1) is 4.81. The molecule has 2 rings (SSSR count). The first kappa shape index (κ1) is 6.38. The largest absolute Gasteiger partial charge is 0.383 e. The molecule has 1 saturated heterocycles. The first-order valence-corrected chi connectivity index (χ1v) is 3.81. The molecule has 0 amide bonds. The Kier molecular flexibility index (Phi) is 1.32. The molecule has 0 saturated carbocycles. The van der Waals surface area contributed by atoms with Crippen LogP contribution in [0.15, 0.2) is 11.6 Å². The van der Waals surface area contributed by atoms with Gasteiger partial charge >= 0.3 is 0 Å². The van der Waals surface area contributed by atoms with E-state index >= 15 is 0 Å². The molecular weight excluding hydrogens is 128 g/mol. The molecule has 1 heterocycles.